The van der Waals surface area contributed by atoms with Crippen LogP contribution in [0.2, 0.25) is 10.0 Å². The smallest absolute Gasteiger partial charge is 0.274 e. The van der Waals surface area contributed by atoms with Crippen LogP contribution in [0.25, 0.3) is 22.6 Å². The maximum Gasteiger partial charge on any atom is 0.274 e. The average Bonchev–Trinajstić information content (AvgIpc) is 3.14. The van der Waals surface area contributed by atoms with Crippen molar-refractivity contribution in [2.45, 2.75) is 12.8 Å². The first kappa shape index (κ1) is 18.7. The number of H-pyrrole nitrogens is 1. The lowest BCUT2D eigenvalue weighted by Crippen LogP contribution is -2.39. The van der Waals surface area contributed by atoms with Gasteiger partial charge in [0.15, 0.2) is 5.69 Å². The first-order chi connectivity index (χ1) is 13.5. The molecule has 0 saturated carbocycles. The first-order valence-corrected chi connectivity index (χ1v) is 9.70. The van der Waals surface area contributed by atoms with Crippen LogP contribution in [-0.4, -0.2) is 39.6 Å². The number of hydrogen-bond acceptors (Lipinski definition) is 3. The van der Waals surface area contributed by atoms with Crippen molar-refractivity contribution < 1.29 is 9.59 Å². The summed E-state index contributed by atoms with van der Waals surface area (Å²) in [6.07, 6.45) is 0.758. The molecular weight excluding hydrogens is 397 g/mol. The summed E-state index contributed by atoms with van der Waals surface area (Å²) in [6, 6.07) is 14.5. The Morgan fingerprint density at radius 2 is 1.68 bits per heavy atom. The Kier molecular flexibility index (Phi) is 5.20. The number of amides is 1. The molecule has 1 amide bonds. The third-order valence-electron chi connectivity index (χ3n) is 4.78. The van der Waals surface area contributed by atoms with Crippen LogP contribution in [0.5, 0.6) is 0 Å². The van der Waals surface area contributed by atoms with Gasteiger partial charge < -0.3 is 9.88 Å². The van der Waals surface area contributed by atoms with Crippen molar-refractivity contribution >= 4 is 34.9 Å². The summed E-state index contributed by atoms with van der Waals surface area (Å²) in [5.74, 6) is 0.500. The molecule has 1 saturated heterocycles. The Bertz CT molecular complexity index is 1030. The van der Waals surface area contributed by atoms with E-state index in [1.54, 1.807) is 23.1 Å². The molecule has 3 aromatic rings. The fourth-order valence-corrected chi connectivity index (χ4v) is 3.59. The zero-order valence-electron chi connectivity index (χ0n) is 14.9. The summed E-state index contributed by atoms with van der Waals surface area (Å²) in [5, 5.41) is 1.15. The van der Waals surface area contributed by atoms with Gasteiger partial charge in [-0.25, -0.2) is 4.98 Å². The van der Waals surface area contributed by atoms with E-state index >= 15 is 0 Å². The second-order valence-electron chi connectivity index (χ2n) is 6.63. The van der Waals surface area contributed by atoms with Crippen molar-refractivity contribution in [2.24, 2.45) is 0 Å². The minimum absolute atomic E-state index is 0.181. The SMILES string of the molecule is O=C1CCN(C(=O)c2nc(-c3ccccc3Cl)[nH]c2-c2ccc(Cl)cc2)CC1. The molecule has 0 unspecified atom stereocenters. The number of piperidine rings is 1. The predicted octanol–water partition coefficient (Wildman–Crippen LogP) is 4.86. The number of nitrogens with zero attached hydrogens (tertiary/aromatic N) is 2. The van der Waals surface area contributed by atoms with E-state index in [0.717, 1.165) is 5.56 Å². The number of ketones is 1. The Morgan fingerprint density at radius 1 is 1.00 bits per heavy atom. The normalized spacial score (nSPS) is 14.4. The van der Waals surface area contributed by atoms with E-state index in [1.807, 2.05) is 30.3 Å². The third-order valence-corrected chi connectivity index (χ3v) is 5.36. The second kappa shape index (κ2) is 7.78. The van der Waals surface area contributed by atoms with Crippen molar-refractivity contribution in [1.29, 1.82) is 0 Å². The number of carbonyl (C=O) groups is 2. The topological polar surface area (TPSA) is 66.1 Å². The zero-order valence-corrected chi connectivity index (χ0v) is 16.4. The number of hydrogen-bond donors (Lipinski definition) is 1. The maximum absolute atomic E-state index is 13.2. The van der Waals surface area contributed by atoms with Gasteiger partial charge in [0, 0.05) is 42.1 Å². The van der Waals surface area contributed by atoms with E-state index in [-0.39, 0.29) is 11.7 Å². The quantitative estimate of drug-likeness (QED) is 0.666. The predicted molar refractivity (Wildman–Crippen MR) is 110 cm³/mol. The van der Waals surface area contributed by atoms with Gasteiger partial charge >= 0.3 is 0 Å². The molecule has 1 aromatic heterocycles. The number of imidazole rings is 1. The van der Waals surface area contributed by atoms with Gasteiger partial charge in [-0.1, -0.05) is 47.5 Å². The zero-order chi connectivity index (χ0) is 19.7. The summed E-state index contributed by atoms with van der Waals surface area (Å²) in [7, 11) is 0. The summed E-state index contributed by atoms with van der Waals surface area (Å²) in [5.41, 5.74) is 2.43. The molecule has 142 valence electrons. The van der Waals surface area contributed by atoms with Gasteiger partial charge in [0.1, 0.15) is 11.6 Å². The molecular formula is C21H17Cl2N3O2. The van der Waals surface area contributed by atoms with Crippen molar-refractivity contribution in [2.75, 3.05) is 13.1 Å². The molecule has 1 N–H and O–H groups in total. The molecule has 0 bridgehead atoms. The van der Waals surface area contributed by atoms with Crippen LogP contribution >= 0.6 is 23.2 Å². The fourth-order valence-electron chi connectivity index (χ4n) is 3.24. The van der Waals surface area contributed by atoms with E-state index in [4.69, 9.17) is 23.2 Å². The molecule has 0 radical (unpaired) electrons. The standard InChI is InChI=1S/C21H17Cl2N3O2/c22-14-7-5-13(6-8-14)18-19(21(28)26-11-9-15(27)10-12-26)25-20(24-18)16-3-1-2-4-17(16)23/h1-8H,9-12H2,(H,24,25). The minimum Gasteiger partial charge on any atom is -0.337 e. The largest absolute Gasteiger partial charge is 0.337 e. The number of Topliss-reactive ketones (excluding diaryl/α,β-unsaturated/α-hetero) is 1. The van der Waals surface area contributed by atoms with E-state index in [0.29, 0.717) is 58.8 Å². The Balaban J connectivity index is 1.79. The molecule has 1 fully saturated rings. The number of benzene rings is 2. The fraction of sp³-hybridized carbons (Fsp3) is 0.190. The maximum atomic E-state index is 13.2. The molecule has 28 heavy (non-hydrogen) atoms. The Morgan fingerprint density at radius 3 is 2.36 bits per heavy atom. The molecule has 7 heteroatoms. The lowest BCUT2D eigenvalue weighted by Gasteiger charge is -2.25. The van der Waals surface area contributed by atoms with E-state index in [1.165, 1.54) is 0 Å². The third kappa shape index (κ3) is 3.68. The van der Waals surface area contributed by atoms with Crippen molar-refractivity contribution in [3.05, 3.63) is 64.3 Å². The molecule has 5 nitrogen and oxygen atoms in total. The van der Waals surface area contributed by atoms with Gasteiger partial charge in [0.2, 0.25) is 0 Å². The van der Waals surface area contributed by atoms with Gasteiger partial charge in [-0.05, 0) is 24.3 Å². The molecule has 4 rings (SSSR count). The number of aromatic amines is 1. The highest BCUT2D eigenvalue weighted by Gasteiger charge is 2.27. The Hall–Kier alpha value is -2.63. The number of aromatic nitrogens is 2. The van der Waals surface area contributed by atoms with Gasteiger partial charge in [-0.15, -0.1) is 0 Å². The monoisotopic (exact) mass is 413 g/mol. The molecule has 1 aliphatic heterocycles. The van der Waals surface area contributed by atoms with Crippen LogP contribution in [0.15, 0.2) is 48.5 Å². The summed E-state index contributed by atoms with van der Waals surface area (Å²) < 4.78 is 0. The van der Waals surface area contributed by atoms with Crippen molar-refractivity contribution in [3.8, 4) is 22.6 Å². The van der Waals surface area contributed by atoms with Crippen molar-refractivity contribution in [1.82, 2.24) is 14.9 Å². The highest BCUT2D eigenvalue weighted by atomic mass is 35.5. The highest BCUT2D eigenvalue weighted by molar-refractivity contribution is 6.33. The molecule has 0 spiro atoms. The Labute approximate surface area is 172 Å². The van der Waals surface area contributed by atoms with Gasteiger partial charge in [-0.3, -0.25) is 9.59 Å². The highest BCUT2D eigenvalue weighted by Crippen LogP contribution is 2.31. The summed E-state index contributed by atoms with van der Waals surface area (Å²) in [4.78, 5) is 34.2. The van der Waals surface area contributed by atoms with Crippen LogP contribution in [0.1, 0.15) is 23.3 Å². The van der Waals surface area contributed by atoms with Crippen LogP contribution in [-0.2, 0) is 4.79 Å². The van der Waals surface area contributed by atoms with Gasteiger partial charge in [-0.2, -0.15) is 0 Å². The first-order valence-electron chi connectivity index (χ1n) is 8.95. The number of carbonyl (C=O) groups excluding carboxylic acids is 2. The van der Waals surface area contributed by atoms with E-state index in [2.05, 4.69) is 9.97 Å². The molecule has 0 atom stereocenters. The van der Waals surface area contributed by atoms with Crippen molar-refractivity contribution in [3.63, 3.8) is 0 Å². The summed E-state index contributed by atoms with van der Waals surface area (Å²) >= 11 is 12.3. The molecule has 2 heterocycles. The van der Waals surface area contributed by atoms with Crippen LogP contribution < -0.4 is 0 Å². The minimum atomic E-state index is -0.202. The number of likely N-dealkylation sites (tertiary alicyclic amines) is 1. The lowest BCUT2D eigenvalue weighted by atomic mass is 10.1. The summed E-state index contributed by atoms with van der Waals surface area (Å²) in [6.45, 7) is 0.817. The molecule has 1 aliphatic rings. The van der Waals surface area contributed by atoms with Gasteiger partial charge in [0.25, 0.3) is 5.91 Å². The van der Waals surface area contributed by atoms with Crippen LogP contribution in [0, 0.1) is 0 Å². The van der Waals surface area contributed by atoms with E-state index < -0.39 is 0 Å². The van der Waals surface area contributed by atoms with E-state index in [9.17, 15) is 9.59 Å². The lowest BCUT2D eigenvalue weighted by molar-refractivity contribution is -0.120. The molecule has 0 aliphatic carbocycles. The second-order valence-corrected chi connectivity index (χ2v) is 7.47. The van der Waals surface area contributed by atoms with Crippen LogP contribution in [0.3, 0.4) is 0 Å². The average molecular weight is 414 g/mol. The molecule has 2 aromatic carbocycles. The van der Waals surface area contributed by atoms with Crippen LogP contribution in [0.4, 0.5) is 0 Å². The van der Waals surface area contributed by atoms with Gasteiger partial charge in [0.05, 0.1) is 10.7 Å². The number of rotatable bonds is 3. The number of nitrogens with one attached hydrogen (secondary N) is 1. The number of halogens is 2.